The molecule has 3 aromatic rings. The van der Waals surface area contributed by atoms with Crippen LogP contribution < -0.4 is 4.90 Å². The van der Waals surface area contributed by atoms with E-state index in [-0.39, 0.29) is 0 Å². The predicted molar refractivity (Wildman–Crippen MR) is 104 cm³/mol. The van der Waals surface area contributed by atoms with Crippen molar-refractivity contribution in [3.63, 3.8) is 0 Å². The number of imidazole rings is 1. The van der Waals surface area contributed by atoms with Crippen molar-refractivity contribution in [2.45, 2.75) is 31.7 Å². The molecule has 5 rings (SSSR count). The summed E-state index contributed by atoms with van der Waals surface area (Å²) in [5.41, 5.74) is 2.04. The minimum absolute atomic E-state index is 0.632. The van der Waals surface area contributed by atoms with E-state index in [4.69, 9.17) is 21.6 Å². The Morgan fingerprint density at radius 2 is 2.00 bits per heavy atom. The largest absolute Gasteiger partial charge is 0.346 e. The van der Waals surface area contributed by atoms with Gasteiger partial charge in [0.25, 0.3) is 0 Å². The maximum absolute atomic E-state index is 6.07. The zero-order chi connectivity index (χ0) is 17.5. The minimum Gasteiger partial charge on any atom is -0.346 e. The molecule has 26 heavy (non-hydrogen) atoms. The highest BCUT2D eigenvalue weighted by Crippen LogP contribution is 2.39. The lowest BCUT2D eigenvalue weighted by atomic mass is 10.3. The standard InChI is InChI=1S/C18H21ClN6S/c19-14-4-5-16-20-15(12-25(16)10-14)11-23-6-1-7-24(9-8-23)18-21-17(22-26-18)13-2-3-13/h4-5,10,12-13H,1-3,6-9,11H2. The number of nitrogens with zero attached hydrogens (tertiary/aromatic N) is 6. The van der Waals surface area contributed by atoms with Crippen molar-refractivity contribution in [2.24, 2.45) is 0 Å². The van der Waals surface area contributed by atoms with E-state index in [0.717, 1.165) is 66.5 Å². The Bertz CT molecular complexity index is 917. The van der Waals surface area contributed by atoms with Gasteiger partial charge in [0.1, 0.15) is 11.5 Å². The second-order valence-electron chi connectivity index (χ2n) is 7.17. The second-order valence-corrected chi connectivity index (χ2v) is 8.34. The average molecular weight is 389 g/mol. The molecule has 3 aromatic heterocycles. The lowest BCUT2D eigenvalue weighted by molar-refractivity contribution is 0.282. The highest BCUT2D eigenvalue weighted by atomic mass is 35.5. The highest BCUT2D eigenvalue weighted by molar-refractivity contribution is 7.09. The molecule has 0 radical (unpaired) electrons. The van der Waals surface area contributed by atoms with Gasteiger partial charge in [-0.15, -0.1) is 0 Å². The van der Waals surface area contributed by atoms with E-state index >= 15 is 0 Å². The van der Waals surface area contributed by atoms with Gasteiger partial charge < -0.3 is 9.30 Å². The SMILES string of the molecule is Clc1ccc2nc(CN3CCCN(c4nc(C5CC5)ns4)CC3)cn2c1. The van der Waals surface area contributed by atoms with E-state index in [1.807, 2.05) is 22.7 Å². The summed E-state index contributed by atoms with van der Waals surface area (Å²) in [5, 5.41) is 1.82. The Kier molecular flexibility index (Phi) is 4.30. The number of hydrogen-bond donors (Lipinski definition) is 0. The third-order valence-corrected chi connectivity index (χ3v) is 6.10. The Morgan fingerprint density at radius 3 is 2.88 bits per heavy atom. The monoisotopic (exact) mass is 388 g/mol. The molecular formula is C18H21ClN6S. The van der Waals surface area contributed by atoms with Crippen molar-refractivity contribution >= 4 is 33.9 Å². The summed E-state index contributed by atoms with van der Waals surface area (Å²) in [6, 6.07) is 3.85. The quantitative estimate of drug-likeness (QED) is 0.685. The molecule has 4 heterocycles. The van der Waals surface area contributed by atoms with E-state index < -0.39 is 0 Å². The molecule has 1 aliphatic carbocycles. The van der Waals surface area contributed by atoms with Gasteiger partial charge in [0.15, 0.2) is 0 Å². The van der Waals surface area contributed by atoms with E-state index in [1.54, 1.807) is 11.5 Å². The van der Waals surface area contributed by atoms with Gasteiger partial charge in [-0.3, -0.25) is 4.90 Å². The topological polar surface area (TPSA) is 49.6 Å². The fraction of sp³-hybridized carbons (Fsp3) is 0.500. The molecule has 0 amide bonds. The second kappa shape index (κ2) is 6.79. The normalized spacial score (nSPS) is 19.2. The molecule has 1 saturated heterocycles. The Labute approximate surface area is 161 Å². The molecule has 0 N–H and O–H groups in total. The number of fused-ring (bicyclic) bond motifs is 1. The molecule has 0 unspecified atom stereocenters. The first kappa shape index (κ1) is 16.5. The summed E-state index contributed by atoms with van der Waals surface area (Å²) in [6.07, 6.45) is 7.64. The lowest BCUT2D eigenvalue weighted by Gasteiger charge is -2.20. The van der Waals surface area contributed by atoms with Crippen molar-refractivity contribution in [3.8, 4) is 0 Å². The molecule has 0 aromatic carbocycles. The summed E-state index contributed by atoms with van der Waals surface area (Å²) in [6.45, 7) is 5.03. The van der Waals surface area contributed by atoms with Crippen LogP contribution in [0.4, 0.5) is 5.13 Å². The van der Waals surface area contributed by atoms with Crippen molar-refractivity contribution < 1.29 is 0 Å². The van der Waals surface area contributed by atoms with Crippen LogP contribution in [0.2, 0.25) is 5.02 Å². The third-order valence-electron chi connectivity index (χ3n) is 5.08. The first-order valence-electron chi connectivity index (χ1n) is 9.19. The molecule has 0 bridgehead atoms. The van der Waals surface area contributed by atoms with E-state index in [1.165, 1.54) is 12.8 Å². The van der Waals surface area contributed by atoms with Crippen LogP contribution in [-0.4, -0.2) is 49.8 Å². The van der Waals surface area contributed by atoms with Crippen LogP contribution in [0, 0.1) is 0 Å². The van der Waals surface area contributed by atoms with Gasteiger partial charge in [-0.1, -0.05) is 11.6 Å². The fourth-order valence-corrected chi connectivity index (χ4v) is 4.47. The van der Waals surface area contributed by atoms with E-state index in [0.29, 0.717) is 5.92 Å². The molecule has 0 spiro atoms. The van der Waals surface area contributed by atoms with Crippen molar-refractivity contribution in [3.05, 3.63) is 41.1 Å². The van der Waals surface area contributed by atoms with E-state index in [2.05, 4.69) is 20.4 Å². The van der Waals surface area contributed by atoms with Gasteiger partial charge in [0.05, 0.1) is 10.7 Å². The number of anilines is 1. The summed E-state index contributed by atoms with van der Waals surface area (Å²) >= 11 is 7.63. The van der Waals surface area contributed by atoms with Gasteiger partial charge in [0, 0.05) is 62.6 Å². The minimum atomic E-state index is 0.632. The van der Waals surface area contributed by atoms with Crippen molar-refractivity contribution in [1.29, 1.82) is 0 Å². The smallest absolute Gasteiger partial charge is 0.205 e. The number of pyridine rings is 1. The number of hydrogen-bond acceptors (Lipinski definition) is 6. The Morgan fingerprint density at radius 1 is 1.08 bits per heavy atom. The fourth-order valence-electron chi connectivity index (χ4n) is 3.51. The van der Waals surface area contributed by atoms with Gasteiger partial charge in [-0.25, -0.2) is 9.97 Å². The Balaban J connectivity index is 1.24. The summed E-state index contributed by atoms with van der Waals surface area (Å²) in [4.78, 5) is 14.4. The Hall–Kier alpha value is -1.70. The first-order valence-corrected chi connectivity index (χ1v) is 10.3. The molecule has 1 aliphatic heterocycles. The van der Waals surface area contributed by atoms with Crippen LogP contribution in [0.5, 0.6) is 0 Å². The lowest BCUT2D eigenvalue weighted by Crippen LogP contribution is -2.30. The van der Waals surface area contributed by atoms with Crippen LogP contribution in [0.25, 0.3) is 5.65 Å². The van der Waals surface area contributed by atoms with Crippen LogP contribution in [0.1, 0.15) is 36.7 Å². The first-order chi connectivity index (χ1) is 12.7. The zero-order valence-electron chi connectivity index (χ0n) is 14.5. The molecule has 6 nitrogen and oxygen atoms in total. The van der Waals surface area contributed by atoms with Crippen LogP contribution in [-0.2, 0) is 6.54 Å². The predicted octanol–water partition coefficient (Wildman–Crippen LogP) is 3.43. The van der Waals surface area contributed by atoms with Crippen molar-refractivity contribution in [2.75, 3.05) is 31.1 Å². The number of halogens is 1. The third kappa shape index (κ3) is 3.43. The molecule has 136 valence electrons. The van der Waals surface area contributed by atoms with Gasteiger partial charge in [0.2, 0.25) is 5.13 Å². The molecule has 0 atom stereocenters. The molecular weight excluding hydrogens is 368 g/mol. The maximum Gasteiger partial charge on any atom is 0.205 e. The highest BCUT2D eigenvalue weighted by Gasteiger charge is 2.29. The molecule has 1 saturated carbocycles. The van der Waals surface area contributed by atoms with Gasteiger partial charge in [-0.05, 0) is 31.4 Å². The molecule has 2 aliphatic rings. The van der Waals surface area contributed by atoms with Crippen molar-refractivity contribution in [1.82, 2.24) is 23.6 Å². The summed E-state index contributed by atoms with van der Waals surface area (Å²) < 4.78 is 6.56. The van der Waals surface area contributed by atoms with Crippen LogP contribution in [0.3, 0.4) is 0 Å². The zero-order valence-corrected chi connectivity index (χ0v) is 16.1. The number of rotatable bonds is 4. The number of aromatic nitrogens is 4. The van der Waals surface area contributed by atoms with E-state index in [9.17, 15) is 0 Å². The van der Waals surface area contributed by atoms with Crippen LogP contribution in [0.15, 0.2) is 24.5 Å². The molecule has 8 heteroatoms. The maximum atomic E-state index is 6.07. The van der Waals surface area contributed by atoms with Crippen LogP contribution >= 0.6 is 23.1 Å². The van der Waals surface area contributed by atoms with Gasteiger partial charge >= 0.3 is 0 Å². The summed E-state index contributed by atoms with van der Waals surface area (Å²) in [5.74, 6) is 1.70. The summed E-state index contributed by atoms with van der Waals surface area (Å²) in [7, 11) is 0. The van der Waals surface area contributed by atoms with Gasteiger partial charge in [-0.2, -0.15) is 4.37 Å². The molecule has 2 fully saturated rings. The average Bonchev–Trinajstić information content (AvgIpc) is 3.30.